The quantitative estimate of drug-likeness (QED) is 0.651. The maximum Gasteiger partial charge on any atom is 0.433 e. The summed E-state index contributed by atoms with van der Waals surface area (Å²) in [6.45, 7) is 1.30. The molecule has 3 rings (SSSR count). The topological polar surface area (TPSA) is 103 Å². The van der Waals surface area contributed by atoms with Crippen molar-refractivity contribution in [3.8, 4) is 0 Å². The van der Waals surface area contributed by atoms with Gasteiger partial charge in [0, 0.05) is 19.1 Å². The third-order valence-corrected chi connectivity index (χ3v) is 4.42. The Balaban J connectivity index is 1.73. The van der Waals surface area contributed by atoms with Crippen LogP contribution in [0.5, 0.6) is 0 Å². The highest BCUT2D eigenvalue weighted by Gasteiger charge is 2.41. The average Bonchev–Trinajstić information content (AvgIpc) is 3.05. The van der Waals surface area contributed by atoms with Crippen LogP contribution < -0.4 is 5.73 Å². The lowest BCUT2D eigenvalue weighted by Crippen LogP contribution is -2.38. The van der Waals surface area contributed by atoms with Crippen LogP contribution in [0.15, 0.2) is 16.5 Å². The minimum Gasteiger partial charge on any atom is -0.395 e. The predicted molar refractivity (Wildman–Crippen MR) is 70.1 cm³/mol. The molecule has 0 aromatic carbocycles. The van der Waals surface area contributed by atoms with Crippen LogP contribution >= 0.6 is 0 Å². The predicted octanol–water partition coefficient (Wildman–Crippen LogP) is 1.39. The van der Waals surface area contributed by atoms with Crippen molar-refractivity contribution in [2.45, 2.75) is 25.3 Å². The molecule has 2 N–H and O–H groups in total. The number of nitro groups is 1. The Kier molecular flexibility index (Phi) is 3.21. The molecule has 20 heavy (non-hydrogen) atoms. The zero-order valence-electron chi connectivity index (χ0n) is 11.0. The van der Waals surface area contributed by atoms with Crippen molar-refractivity contribution in [3.63, 3.8) is 0 Å². The Morgan fingerprint density at radius 2 is 2.20 bits per heavy atom. The van der Waals surface area contributed by atoms with Gasteiger partial charge in [-0.1, -0.05) is 6.42 Å². The lowest BCUT2D eigenvalue weighted by atomic mass is 9.78. The van der Waals surface area contributed by atoms with E-state index in [1.54, 1.807) is 4.90 Å². The summed E-state index contributed by atoms with van der Waals surface area (Å²) >= 11 is 0. The normalized spacial score (nSPS) is 29.2. The summed E-state index contributed by atoms with van der Waals surface area (Å²) in [5.74, 6) is 0.149. The second-order valence-electron chi connectivity index (χ2n) is 5.62. The Morgan fingerprint density at radius 3 is 2.85 bits per heavy atom. The molecule has 1 aliphatic heterocycles. The van der Waals surface area contributed by atoms with E-state index in [1.807, 2.05) is 0 Å². The van der Waals surface area contributed by atoms with Gasteiger partial charge in [-0.25, -0.2) is 0 Å². The zero-order chi connectivity index (χ0) is 14.3. The van der Waals surface area contributed by atoms with E-state index in [-0.39, 0.29) is 17.7 Å². The number of amides is 1. The molecule has 3 atom stereocenters. The molecule has 0 radical (unpaired) electrons. The monoisotopic (exact) mass is 279 g/mol. The fourth-order valence-electron chi connectivity index (χ4n) is 3.38. The average molecular weight is 279 g/mol. The Morgan fingerprint density at radius 1 is 1.40 bits per heavy atom. The smallest absolute Gasteiger partial charge is 0.395 e. The fraction of sp³-hybridized carbons (Fsp3) is 0.615. The van der Waals surface area contributed by atoms with Gasteiger partial charge in [0.25, 0.3) is 5.91 Å². The summed E-state index contributed by atoms with van der Waals surface area (Å²) in [5, 5.41) is 10.6. The van der Waals surface area contributed by atoms with Gasteiger partial charge in [0.15, 0.2) is 5.76 Å². The zero-order valence-corrected chi connectivity index (χ0v) is 11.0. The molecule has 2 heterocycles. The van der Waals surface area contributed by atoms with E-state index in [9.17, 15) is 14.9 Å². The second kappa shape index (κ2) is 4.90. The standard InChI is InChI=1S/C13H17N3O4/c14-10-3-1-2-8-6-15(7-9(8)10)13(17)11-4-5-12(20-11)16(18)19/h4-5,8-10H,1-3,6-7,14H2. The van der Waals surface area contributed by atoms with Crippen molar-refractivity contribution in [2.75, 3.05) is 13.1 Å². The number of carbonyl (C=O) groups is 1. The van der Waals surface area contributed by atoms with E-state index < -0.39 is 10.8 Å². The van der Waals surface area contributed by atoms with Crippen molar-refractivity contribution in [1.29, 1.82) is 0 Å². The van der Waals surface area contributed by atoms with E-state index in [1.165, 1.54) is 12.1 Å². The number of rotatable bonds is 2. The van der Waals surface area contributed by atoms with Gasteiger partial charge in [0.1, 0.15) is 4.92 Å². The molecule has 3 unspecified atom stereocenters. The fourth-order valence-corrected chi connectivity index (χ4v) is 3.38. The van der Waals surface area contributed by atoms with Crippen molar-refractivity contribution >= 4 is 11.8 Å². The number of carbonyl (C=O) groups excluding carboxylic acids is 1. The SMILES string of the molecule is NC1CCCC2CN(C(=O)c3ccc([N+](=O)[O-])o3)CC12. The van der Waals surface area contributed by atoms with E-state index in [0.717, 1.165) is 19.3 Å². The number of likely N-dealkylation sites (tertiary alicyclic amines) is 1. The molecule has 7 nitrogen and oxygen atoms in total. The van der Waals surface area contributed by atoms with Crippen molar-refractivity contribution in [2.24, 2.45) is 17.6 Å². The molecule has 7 heteroatoms. The van der Waals surface area contributed by atoms with Gasteiger partial charge in [0.2, 0.25) is 0 Å². The molecule has 0 spiro atoms. The molecule has 108 valence electrons. The molecule has 1 aromatic heterocycles. The third-order valence-electron chi connectivity index (χ3n) is 4.42. The Labute approximate surface area is 115 Å². The molecule has 2 aliphatic rings. The van der Waals surface area contributed by atoms with Crippen LogP contribution in [0.25, 0.3) is 0 Å². The highest BCUT2D eigenvalue weighted by Crippen LogP contribution is 2.36. The van der Waals surface area contributed by atoms with Crippen LogP contribution in [0, 0.1) is 22.0 Å². The van der Waals surface area contributed by atoms with Gasteiger partial charge in [-0.2, -0.15) is 0 Å². The minimum atomic E-state index is -0.642. The first-order valence-corrected chi connectivity index (χ1v) is 6.85. The van der Waals surface area contributed by atoms with Crippen molar-refractivity contribution in [1.82, 2.24) is 4.90 Å². The Bertz CT molecular complexity index is 541. The van der Waals surface area contributed by atoms with E-state index in [4.69, 9.17) is 10.2 Å². The van der Waals surface area contributed by atoms with Gasteiger partial charge in [-0.15, -0.1) is 0 Å². The highest BCUT2D eigenvalue weighted by molar-refractivity contribution is 5.92. The highest BCUT2D eigenvalue weighted by atomic mass is 16.6. The summed E-state index contributed by atoms with van der Waals surface area (Å²) < 4.78 is 4.98. The number of nitrogens with zero attached hydrogens (tertiary/aromatic N) is 2. The van der Waals surface area contributed by atoms with Crippen LogP contribution in [0.3, 0.4) is 0 Å². The van der Waals surface area contributed by atoms with Gasteiger partial charge in [0.05, 0.1) is 6.07 Å². The van der Waals surface area contributed by atoms with Crippen LogP contribution in [0.1, 0.15) is 29.8 Å². The van der Waals surface area contributed by atoms with Crippen LogP contribution in [-0.2, 0) is 0 Å². The first-order chi connectivity index (χ1) is 9.56. The molecular formula is C13H17N3O4. The molecule has 1 aromatic rings. The van der Waals surface area contributed by atoms with Crippen molar-refractivity contribution in [3.05, 3.63) is 28.0 Å². The van der Waals surface area contributed by atoms with Crippen molar-refractivity contribution < 1.29 is 14.1 Å². The molecule has 1 aliphatic carbocycles. The van der Waals surface area contributed by atoms with E-state index in [2.05, 4.69) is 0 Å². The molecular weight excluding hydrogens is 262 g/mol. The Hall–Kier alpha value is -1.89. The number of fused-ring (bicyclic) bond motifs is 1. The second-order valence-corrected chi connectivity index (χ2v) is 5.62. The molecule has 1 amide bonds. The van der Waals surface area contributed by atoms with Gasteiger partial charge >= 0.3 is 5.88 Å². The van der Waals surface area contributed by atoms with Crippen LogP contribution in [-0.4, -0.2) is 34.9 Å². The largest absolute Gasteiger partial charge is 0.433 e. The van der Waals surface area contributed by atoms with Gasteiger partial charge < -0.3 is 15.1 Å². The number of nitrogens with two attached hydrogens (primary N) is 1. The molecule has 1 saturated heterocycles. The summed E-state index contributed by atoms with van der Waals surface area (Å²) in [4.78, 5) is 23.9. The first-order valence-electron chi connectivity index (χ1n) is 6.85. The molecule has 2 fully saturated rings. The minimum absolute atomic E-state index is 0.0314. The summed E-state index contributed by atoms with van der Waals surface area (Å²) in [6, 6.07) is 2.72. The van der Waals surface area contributed by atoms with E-state index >= 15 is 0 Å². The number of hydrogen-bond donors (Lipinski definition) is 1. The van der Waals surface area contributed by atoms with Crippen LogP contribution in [0.4, 0.5) is 5.88 Å². The molecule has 0 bridgehead atoms. The van der Waals surface area contributed by atoms with Crippen LogP contribution in [0.2, 0.25) is 0 Å². The lowest BCUT2D eigenvalue weighted by molar-refractivity contribution is -0.402. The van der Waals surface area contributed by atoms with E-state index in [0.29, 0.717) is 24.9 Å². The lowest BCUT2D eigenvalue weighted by Gasteiger charge is -2.29. The third kappa shape index (κ3) is 2.18. The summed E-state index contributed by atoms with van der Waals surface area (Å²) in [6.07, 6.45) is 3.21. The maximum absolute atomic E-state index is 12.3. The van der Waals surface area contributed by atoms with Gasteiger partial charge in [-0.05, 0) is 30.7 Å². The summed E-state index contributed by atoms with van der Waals surface area (Å²) in [5.41, 5.74) is 6.11. The first kappa shape index (κ1) is 13.1. The maximum atomic E-state index is 12.3. The summed E-state index contributed by atoms with van der Waals surface area (Å²) in [7, 11) is 0. The van der Waals surface area contributed by atoms with Gasteiger partial charge in [-0.3, -0.25) is 14.9 Å². The number of hydrogen-bond acceptors (Lipinski definition) is 5. The number of furan rings is 1. The molecule has 1 saturated carbocycles.